The molecule has 0 spiro atoms. The highest BCUT2D eigenvalue weighted by Gasteiger charge is 2.27. The molecule has 0 aliphatic carbocycles. The third-order valence-electron chi connectivity index (χ3n) is 2.64. The molecule has 1 aliphatic rings. The Morgan fingerprint density at radius 2 is 2.21 bits per heavy atom. The normalized spacial score (nSPS) is 19.3. The second kappa shape index (κ2) is 3.58. The quantitative estimate of drug-likeness (QED) is 0.653. The van der Waals surface area contributed by atoms with E-state index in [0.29, 0.717) is 6.04 Å². The molecule has 0 radical (unpaired) electrons. The molecule has 1 aromatic rings. The van der Waals surface area contributed by atoms with E-state index in [9.17, 15) is 0 Å². The molecular formula is C11H14N2S. The van der Waals surface area contributed by atoms with Gasteiger partial charge in [-0.1, -0.05) is 18.2 Å². The van der Waals surface area contributed by atoms with Crippen LogP contribution in [-0.4, -0.2) is 18.2 Å². The van der Waals surface area contributed by atoms with Crippen molar-refractivity contribution in [3.63, 3.8) is 0 Å². The van der Waals surface area contributed by atoms with Gasteiger partial charge >= 0.3 is 0 Å². The average molecular weight is 206 g/mol. The van der Waals surface area contributed by atoms with Gasteiger partial charge in [-0.05, 0) is 37.2 Å². The molecule has 0 unspecified atom stereocenters. The topological polar surface area (TPSA) is 15.3 Å². The van der Waals surface area contributed by atoms with Crippen LogP contribution in [0.2, 0.25) is 0 Å². The Balaban J connectivity index is 2.39. The summed E-state index contributed by atoms with van der Waals surface area (Å²) in [5, 5.41) is 3.84. The van der Waals surface area contributed by atoms with Crippen molar-refractivity contribution in [2.75, 3.05) is 11.9 Å². The van der Waals surface area contributed by atoms with Gasteiger partial charge in [0.05, 0.1) is 0 Å². The van der Waals surface area contributed by atoms with E-state index in [1.807, 2.05) is 7.05 Å². The highest BCUT2D eigenvalue weighted by molar-refractivity contribution is 7.80. The van der Waals surface area contributed by atoms with Crippen LogP contribution in [0.3, 0.4) is 0 Å². The molecule has 0 fully saturated rings. The molecule has 0 aromatic heterocycles. The first-order valence-electron chi connectivity index (χ1n) is 4.83. The third-order valence-corrected chi connectivity index (χ3v) is 3.04. The van der Waals surface area contributed by atoms with Gasteiger partial charge in [-0.2, -0.15) is 0 Å². The second-order valence-corrected chi connectivity index (χ2v) is 3.99. The predicted octanol–water partition coefficient (Wildman–Crippen LogP) is 1.94. The first-order valence-corrected chi connectivity index (χ1v) is 5.23. The van der Waals surface area contributed by atoms with Crippen LogP contribution in [0, 0.1) is 0 Å². The van der Waals surface area contributed by atoms with Gasteiger partial charge in [0.25, 0.3) is 0 Å². The number of para-hydroxylation sites is 1. The Bertz CT molecular complexity index is 362. The van der Waals surface area contributed by atoms with Gasteiger partial charge in [0.2, 0.25) is 0 Å². The van der Waals surface area contributed by atoms with Crippen LogP contribution >= 0.6 is 12.2 Å². The van der Waals surface area contributed by atoms with Gasteiger partial charge in [0.15, 0.2) is 5.11 Å². The van der Waals surface area contributed by atoms with Gasteiger partial charge < -0.3 is 10.2 Å². The fraction of sp³-hybridized carbons (Fsp3) is 0.364. The lowest BCUT2D eigenvalue weighted by molar-refractivity contribution is 0.767. The summed E-state index contributed by atoms with van der Waals surface area (Å²) in [5.41, 5.74) is 2.64. The highest BCUT2D eigenvalue weighted by atomic mass is 32.1. The lowest BCUT2D eigenvalue weighted by Gasteiger charge is -2.24. The number of anilines is 1. The van der Waals surface area contributed by atoms with Gasteiger partial charge in [-0.3, -0.25) is 0 Å². The lowest BCUT2D eigenvalue weighted by Crippen LogP contribution is -2.41. The van der Waals surface area contributed by atoms with Crippen molar-refractivity contribution in [3.8, 4) is 0 Å². The highest BCUT2D eigenvalue weighted by Crippen LogP contribution is 2.31. The summed E-state index contributed by atoms with van der Waals surface area (Å²) in [5.74, 6) is 0. The molecule has 0 amide bonds. The Morgan fingerprint density at radius 3 is 2.93 bits per heavy atom. The van der Waals surface area contributed by atoms with Gasteiger partial charge in [0.1, 0.15) is 0 Å². The van der Waals surface area contributed by atoms with Crippen molar-refractivity contribution in [3.05, 3.63) is 29.8 Å². The summed E-state index contributed by atoms with van der Waals surface area (Å²) < 4.78 is 0. The maximum Gasteiger partial charge on any atom is 0.173 e. The predicted molar refractivity (Wildman–Crippen MR) is 63.7 cm³/mol. The van der Waals surface area contributed by atoms with E-state index >= 15 is 0 Å². The molecule has 74 valence electrons. The monoisotopic (exact) mass is 206 g/mol. The first kappa shape index (κ1) is 9.46. The number of nitrogens with zero attached hydrogens (tertiary/aromatic N) is 1. The van der Waals surface area contributed by atoms with Crippen molar-refractivity contribution in [2.45, 2.75) is 19.4 Å². The van der Waals surface area contributed by atoms with Crippen molar-refractivity contribution in [2.24, 2.45) is 0 Å². The molecule has 0 saturated heterocycles. The Hall–Kier alpha value is -1.09. The van der Waals surface area contributed by atoms with Crippen LogP contribution in [0.5, 0.6) is 0 Å². The van der Waals surface area contributed by atoms with Gasteiger partial charge in [-0.15, -0.1) is 0 Å². The third kappa shape index (κ3) is 1.38. The Labute approximate surface area is 89.9 Å². The van der Waals surface area contributed by atoms with Crippen LogP contribution in [0.25, 0.3) is 0 Å². The molecule has 0 bridgehead atoms. The molecule has 1 aliphatic heterocycles. The fourth-order valence-electron chi connectivity index (χ4n) is 2.00. The van der Waals surface area contributed by atoms with Crippen LogP contribution in [0.4, 0.5) is 5.69 Å². The minimum atomic E-state index is 0.465. The van der Waals surface area contributed by atoms with E-state index in [-0.39, 0.29) is 0 Å². The van der Waals surface area contributed by atoms with Crippen LogP contribution < -0.4 is 10.2 Å². The summed E-state index contributed by atoms with van der Waals surface area (Å²) in [6, 6.07) is 8.90. The number of benzene rings is 1. The number of hydrogen-bond acceptors (Lipinski definition) is 1. The van der Waals surface area contributed by atoms with E-state index < -0.39 is 0 Å². The SMILES string of the molecule is CNC(=S)N1c2ccccc2C[C@H]1C. The van der Waals surface area contributed by atoms with Crippen molar-refractivity contribution >= 4 is 23.0 Å². The fourth-order valence-corrected chi connectivity index (χ4v) is 2.27. The summed E-state index contributed by atoms with van der Waals surface area (Å²) in [7, 11) is 1.87. The average Bonchev–Trinajstić information content (AvgIpc) is 2.53. The molecule has 1 N–H and O–H groups in total. The molecule has 0 saturated carbocycles. The van der Waals surface area contributed by atoms with Crippen LogP contribution in [0.1, 0.15) is 12.5 Å². The maximum atomic E-state index is 5.28. The molecule has 14 heavy (non-hydrogen) atoms. The van der Waals surface area contributed by atoms with E-state index in [2.05, 4.69) is 41.4 Å². The van der Waals surface area contributed by atoms with E-state index in [1.54, 1.807) is 0 Å². The zero-order valence-electron chi connectivity index (χ0n) is 8.45. The molecule has 1 heterocycles. The Morgan fingerprint density at radius 1 is 1.50 bits per heavy atom. The molecule has 2 rings (SSSR count). The molecular weight excluding hydrogens is 192 g/mol. The largest absolute Gasteiger partial charge is 0.365 e. The summed E-state index contributed by atoms with van der Waals surface area (Å²) in [6.45, 7) is 2.20. The maximum absolute atomic E-state index is 5.28. The van der Waals surface area contributed by atoms with Gasteiger partial charge in [-0.25, -0.2) is 0 Å². The molecule has 1 aromatic carbocycles. The number of hydrogen-bond donors (Lipinski definition) is 1. The number of thiocarbonyl (C=S) groups is 1. The van der Waals surface area contributed by atoms with E-state index in [1.165, 1.54) is 11.3 Å². The summed E-state index contributed by atoms with van der Waals surface area (Å²) in [4.78, 5) is 2.19. The molecule has 1 atom stereocenters. The Kier molecular flexibility index (Phi) is 2.42. The minimum absolute atomic E-state index is 0.465. The van der Waals surface area contributed by atoms with Crippen molar-refractivity contribution < 1.29 is 0 Å². The molecule has 3 heteroatoms. The number of fused-ring (bicyclic) bond motifs is 1. The first-order chi connectivity index (χ1) is 6.74. The van der Waals surface area contributed by atoms with Crippen molar-refractivity contribution in [1.82, 2.24) is 5.32 Å². The smallest absolute Gasteiger partial charge is 0.173 e. The number of nitrogens with one attached hydrogen (secondary N) is 1. The number of rotatable bonds is 0. The van der Waals surface area contributed by atoms with E-state index in [4.69, 9.17) is 12.2 Å². The standard InChI is InChI=1S/C11H14N2S/c1-8-7-9-5-3-4-6-10(9)13(8)11(14)12-2/h3-6,8H,7H2,1-2H3,(H,12,14)/t8-/m1/s1. The zero-order valence-corrected chi connectivity index (χ0v) is 9.27. The zero-order chi connectivity index (χ0) is 10.1. The minimum Gasteiger partial charge on any atom is -0.365 e. The molecule has 2 nitrogen and oxygen atoms in total. The van der Waals surface area contributed by atoms with Crippen LogP contribution in [0.15, 0.2) is 24.3 Å². The van der Waals surface area contributed by atoms with Gasteiger partial charge in [0, 0.05) is 18.8 Å². The summed E-state index contributed by atoms with van der Waals surface area (Å²) >= 11 is 5.28. The second-order valence-electron chi connectivity index (χ2n) is 3.61. The van der Waals surface area contributed by atoms with Crippen molar-refractivity contribution in [1.29, 1.82) is 0 Å². The van der Waals surface area contributed by atoms with E-state index in [0.717, 1.165) is 11.5 Å². The van der Waals surface area contributed by atoms with Crippen LogP contribution in [-0.2, 0) is 6.42 Å². The lowest BCUT2D eigenvalue weighted by atomic mass is 10.1. The summed E-state index contributed by atoms with van der Waals surface area (Å²) in [6.07, 6.45) is 1.08.